The second-order valence-electron chi connectivity index (χ2n) is 4.22. The van der Waals surface area contributed by atoms with Crippen molar-refractivity contribution in [3.63, 3.8) is 0 Å². The standard InChI is InChI=1S/C12H16N4O/c1-8-7-14-6-5-10(8)12-15-11(17-16-12)4-3-9(2)13/h5-7,9H,3-4,13H2,1-2H3. The van der Waals surface area contributed by atoms with Crippen LogP contribution in [-0.2, 0) is 6.42 Å². The predicted molar refractivity (Wildman–Crippen MR) is 64.2 cm³/mol. The number of aromatic nitrogens is 3. The number of aryl methyl sites for hydroxylation is 2. The Labute approximate surface area is 100 Å². The zero-order chi connectivity index (χ0) is 12.3. The van der Waals surface area contributed by atoms with E-state index in [0.29, 0.717) is 11.7 Å². The van der Waals surface area contributed by atoms with Crippen LogP contribution in [0.15, 0.2) is 23.0 Å². The molecular weight excluding hydrogens is 216 g/mol. The van der Waals surface area contributed by atoms with E-state index in [9.17, 15) is 0 Å². The first kappa shape index (κ1) is 11.7. The summed E-state index contributed by atoms with van der Waals surface area (Å²) < 4.78 is 5.19. The Morgan fingerprint density at radius 1 is 1.47 bits per heavy atom. The Bertz CT molecular complexity index is 493. The Morgan fingerprint density at radius 2 is 2.29 bits per heavy atom. The summed E-state index contributed by atoms with van der Waals surface area (Å²) >= 11 is 0. The molecule has 1 unspecified atom stereocenters. The van der Waals surface area contributed by atoms with Crippen molar-refractivity contribution in [1.82, 2.24) is 15.1 Å². The number of nitrogens with zero attached hydrogens (tertiary/aromatic N) is 3. The molecule has 0 bridgehead atoms. The molecule has 2 heterocycles. The highest BCUT2D eigenvalue weighted by Crippen LogP contribution is 2.19. The Morgan fingerprint density at radius 3 is 3.00 bits per heavy atom. The maximum Gasteiger partial charge on any atom is 0.227 e. The van der Waals surface area contributed by atoms with Crippen molar-refractivity contribution in [3.8, 4) is 11.4 Å². The molecule has 5 nitrogen and oxygen atoms in total. The van der Waals surface area contributed by atoms with Crippen LogP contribution in [-0.4, -0.2) is 21.2 Å². The topological polar surface area (TPSA) is 77.8 Å². The minimum Gasteiger partial charge on any atom is -0.339 e. The highest BCUT2D eigenvalue weighted by Gasteiger charge is 2.10. The minimum absolute atomic E-state index is 0.146. The molecule has 0 aliphatic rings. The lowest BCUT2D eigenvalue weighted by atomic mass is 10.1. The van der Waals surface area contributed by atoms with E-state index in [2.05, 4.69) is 15.1 Å². The monoisotopic (exact) mass is 232 g/mol. The van der Waals surface area contributed by atoms with Gasteiger partial charge in [-0.2, -0.15) is 4.98 Å². The second-order valence-corrected chi connectivity index (χ2v) is 4.22. The average Bonchev–Trinajstić information content (AvgIpc) is 2.75. The Kier molecular flexibility index (Phi) is 3.49. The summed E-state index contributed by atoms with van der Waals surface area (Å²) in [6.45, 7) is 3.94. The largest absolute Gasteiger partial charge is 0.339 e. The number of hydrogen-bond acceptors (Lipinski definition) is 5. The lowest BCUT2D eigenvalue weighted by Crippen LogP contribution is -2.15. The molecule has 0 aliphatic carbocycles. The number of rotatable bonds is 4. The van der Waals surface area contributed by atoms with Crippen molar-refractivity contribution in [2.24, 2.45) is 5.73 Å². The van der Waals surface area contributed by atoms with Gasteiger partial charge in [-0.3, -0.25) is 4.98 Å². The van der Waals surface area contributed by atoms with Gasteiger partial charge in [0.15, 0.2) is 0 Å². The van der Waals surface area contributed by atoms with E-state index in [1.165, 1.54) is 0 Å². The number of nitrogens with two attached hydrogens (primary N) is 1. The van der Waals surface area contributed by atoms with E-state index in [0.717, 1.165) is 24.0 Å². The fourth-order valence-electron chi connectivity index (χ4n) is 1.54. The first-order valence-corrected chi connectivity index (χ1v) is 5.66. The van der Waals surface area contributed by atoms with Gasteiger partial charge in [0.25, 0.3) is 0 Å². The Hall–Kier alpha value is -1.75. The summed E-state index contributed by atoms with van der Waals surface area (Å²) in [5.74, 6) is 1.25. The summed E-state index contributed by atoms with van der Waals surface area (Å²) in [4.78, 5) is 8.39. The third kappa shape index (κ3) is 2.88. The van der Waals surface area contributed by atoms with Gasteiger partial charge in [0, 0.05) is 30.4 Å². The fourth-order valence-corrected chi connectivity index (χ4v) is 1.54. The summed E-state index contributed by atoms with van der Waals surface area (Å²) in [6.07, 6.45) is 5.07. The minimum atomic E-state index is 0.146. The lowest BCUT2D eigenvalue weighted by Gasteiger charge is -1.99. The lowest BCUT2D eigenvalue weighted by molar-refractivity contribution is 0.372. The highest BCUT2D eigenvalue weighted by atomic mass is 16.5. The summed E-state index contributed by atoms with van der Waals surface area (Å²) in [7, 11) is 0. The van der Waals surface area contributed by atoms with Gasteiger partial charge in [-0.15, -0.1) is 0 Å². The molecule has 17 heavy (non-hydrogen) atoms. The highest BCUT2D eigenvalue weighted by molar-refractivity contribution is 5.57. The molecule has 0 saturated carbocycles. The van der Waals surface area contributed by atoms with Gasteiger partial charge in [-0.05, 0) is 31.9 Å². The third-order valence-corrected chi connectivity index (χ3v) is 2.54. The number of hydrogen-bond donors (Lipinski definition) is 1. The molecule has 0 fully saturated rings. The van der Waals surface area contributed by atoms with Gasteiger partial charge < -0.3 is 10.3 Å². The van der Waals surface area contributed by atoms with Crippen LogP contribution in [0.5, 0.6) is 0 Å². The first-order chi connectivity index (χ1) is 8.16. The molecule has 2 N–H and O–H groups in total. The van der Waals surface area contributed by atoms with Crippen molar-refractivity contribution in [2.75, 3.05) is 0 Å². The van der Waals surface area contributed by atoms with Crippen LogP contribution < -0.4 is 5.73 Å². The smallest absolute Gasteiger partial charge is 0.227 e. The zero-order valence-electron chi connectivity index (χ0n) is 10.1. The van der Waals surface area contributed by atoms with Crippen LogP contribution in [0.3, 0.4) is 0 Å². The number of pyridine rings is 1. The zero-order valence-corrected chi connectivity index (χ0v) is 10.1. The second kappa shape index (κ2) is 5.05. The van der Waals surface area contributed by atoms with Crippen molar-refractivity contribution < 1.29 is 4.52 Å². The summed E-state index contributed by atoms with van der Waals surface area (Å²) in [5, 5.41) is 3.97. The molecule has 5 heteroatoms. The molecule has 2 aromatic rings. The predicted octanol–water partition coefficient (Wildman–Crippen LogP) is 1.72. The van der Waals surface area contributed by atoms with Crippen molar-refractivity contribution in [2.45, 2.75) is 32.7 Å². The summed E-state index contributed by atoms with van der Waals surface area (Å²) in [5.41, 5.74) is 7.67. The van der Waals surface area contributed by atoms with Crippen LogP contribution in [0, 0.1) is 6.92 Å². The molecule has 1 atom stereocenters. The van der Waals surface area contributed by atoms with Gasteiger partial charge in [-0.25, -0.2) is 0 Å². The molecule has 0 spiro atoms. The molecule has 2 aromatic heterocycles. The maximum absolute atomic E-state index is 5.68. The normalized spacial score (nSPS) is 12.6. The molecule has 0 radical (unpaired) electrons. The van der Waals surface area contributed by atoms with E-state index in [1.54, 1.807) is 12.4 Å². The van der Waals surface area contributed by atoms with Gasteiger partial charge in [0.05, 0.1) is 0 Å². The summed E-state index contributed by atoms with van der Waals surface area (Å²) in [6, 6.07) is 2.03. The van der Waals surface area contributed by atoms with Crippen molar-refractivity contribution >= 4 is 0 Å². The van der Waals surface area contributed by atoms with Gasteiger partial charge in [0.2, 0.25) is 11.7 Å². The van der Waals surface area contributed by atoms with Gasteiger partial charge >= 0.3 is 0 Å². The van der Waals surface area contributed by atoms with Gasteiger partial charge in [0.1, 0.15) is 0 Å². The molecule has 0 aromatic carbocycles. The van der Waals surface area contributed by atoms with Crippen LogP contribution >= 0.6 is 0 Å². The SMILES string of the molecule is Cc1cnccc1-c1noc(CCC(C)N)n1. The van der Waals surface area contributed by atoms with E-state index in [4.69, 9.17) is 10.3 Å². The van der Waals surface area contributed by atoms with Gasteiger partial charge in [-0.1, -0.05) is 5.16 Å². The molecule has 90 valence electrons. The van der Waals surface area contributed by atoms with E-state index < -0.39 is 0 Å². The van der Waals surface area contributed by atoms with E-state index >= 15 is 0 Å². The van der Waals surface area contributed by atoms with E-state index in [-0.39, 0.29) is 6.04 Å². The first-order valence-electron chi connectivity index (χ1n) is 5.66. The van der Waals surface area contributed by atoms with Crippen molar-refractivity contribution in [1.29, 1.82) is 0 Å². The van der Waals surface area contributed by atoms with Crippen LogP contribution in [0.25, 0.3) is 11.4 Å². The molecular formula is C12H16N4O. The third-order valence-electron chi connectivity index (χ3n) is 2.54. The molecule has 0 aliphatic heterocycles. The molecule has 2 rings (SSSR count). The van der Waals surface area contributed by atoms with Crippen LogP contribution in [0.4, 0.5) is 0 Å². The quantitative estimate of drug-likeness (QED) is 0.868. The Balaban J connectivity index is 2.16. The average molecular weight is 232 g/mol. The van der Waals surface area contributed by atoms with Crippen molar-refractivity contribution in [3.05, 3.63) is 29.9 Å². The molecule has 0 amide bonds. The maximum atomic E-state index is 5.68. The van der Waals surface area contributed by atoms with Crippen LogP contribution in [0.1, 0.15) is 24.8 Å². The molecule has 0 saturated heterocycles. The fraction of sp³-hybridized carbons (Fsp3) is 0.417. The van der Waals surface area contributed by atoms with E-state index in [1.807, 2.05) is 19.9 Å². The van der Waals surface area contributed by atoms with Crippen LogP contribution in [0.2, 0.25) is 0 Å².